The summed E-state index contributed by atoms with van der Waals surface area (Å²) in [6.07, 6.45) is 3.12. The number of thiocarbonyl (C=S) groups is 4. The third-order valence-electron chi connectivity index (χ3n) is 2.49. The van der Waals surface area contributed by atoms with Crippen molar-refractivity contribution in [3.63, 3.8) is 0 Å². The van der Waals surface area contributed by atoms with Gasteiger partial charge in [-0.25, -0.2) is 20.0 Å². The second-order valence-electron chi connectivity index (χ2n) is 4.33. The zero-order valence-corrected chi connectivity index (χ0v) is 26.4. The first kappa shape index (κ1) is 35.0. The number of nitrogens with zero attached hydrogens (tertiary/aromatic N) is 6. The summed E-state index contributed by atoms with van der Waals surface area (Å²) in [7, 11) is 0. The number of nitrogens with one attached hydrogen (secondary N) is 2. The monoisotopic (exact) mass is 756 g/mol. The summed E-state index contributed by atoms with van der Waals surface area (Å²) in [4.78, 5) is 17.2. The Hall–Kier alpha value is 0.00831. The number of rotatable bonds is 6. The minimum absolute atomic E-state index is 0.0102. The maximum absolute atomic E-state index is 8.50. The molecular weight excluding hydrogens is 745 g/mol. The summed E-state index contributed by atoms with van der Waals surface area (Å²) in [5.74, 6) is 0. The maximum atomic E-state index is 8.50. The summed E-state index contributed by atoms with van der Waals surface area (Å²) >= 11 is 37.3. The van der Waals surface area contributed by atoms with E-state index in [0.29, 0.717) is 10.3 Å². The second kappa shape index (κ2) is 20.0. The Morgan fingerprint density at radius 3 is 1.37 bits per heavy atom. The van der Waals surface area contributed by atoms with Gasteiger partial charge in [-0.2, -0.15) is 0 Å². The molecule has 35 heavy (non-hydrogen) atoms. The van der Waals surface area contributed by atoms with Gasteiger partial charge in [-0.3, -0.25) is 10.4 Å². The number of thiazole rings is 2. The van der Waals surface area contributed by atoms with Gasteiger partial charge in [0.2, 0.25) is 10.3 Å². The topological polar surface area (TPSA) is 156 Å². The predicted molar refractivity (Wildman–Crippen MR) is 149 cm³/mol. The standard InChI is InChI=1S/2C5H6N4O2S5.Mo.2O/c2*10-7-11-9(5(14)15)8(4(12)13)3-6-1-2-16-3;;;/h2*1-2,7,10H,(H,12,13)(H,14,15);;;/q;;+2;;/p-2. The van der Waals surface area contributed by atoms with Crippen molar-refractivity contribution < 1.29 is 45.6 Å². The molecule has 192 valence electrons. The Morgan fingerprint density at radius 1 is 0.886 bits per heavy atom. The summed E-state index contributed by atoms with van der Waals surface area (Å²) in [6, 6.07) is 0. The first-order chi connectivity index (χ1) is 16.6. The molecule has 0 aliphatic carbocycles. The van der Waals surface area contributed by atoms with Crippen molar-refractivity contribution in [3.05, 3.63) is 23.2 Å². The first-order valence-electron chi connectivity index (χ1n) is 7.48. The molecule has 4 N–H and O–H groups in total. The fourth-order valence-corrected chi connectivity index (χ4v) is 4.14. The summed E-state index contributed by atoms with van der Waals surface area (Å²) in [5, 5.41) is 25.5. The summed E-state index contributed by atoms with van der Waals surface area (Å²) < 4.78 is 17.0. The van der Waals surface area contributed by atoms with Crippen LogP contribution in [-0.2, 0) is 60.4 Å². The molecular formula is C10H10MoN8O6S10. The molecule has 0 radical (unpaired) electrons. The molecule has 14 nitrogen and oxygen atoms in total. The van der Waals surface area contributed by atoms with Gasteiger partial charge in [-0.1, -0.05) is 11.3 Å². The van der Waals surface area contributed by atoms with Crippen molar-refractivity contribution in [1.29, 1.82) is 0 Å². The number of aromatic nitrogens is 2. The number of hydrogen-bond acceptors (Lipinski definition) is 18. The van der Waals surface area contributed by atoms with Crippen molar-refractivity contribution in [3.8, 4) is 0 Å². The average Bonchev–Trinajstić information content (AvgIpc) is 3.48. The third-order valence-corrected chi connectivity index (χ3v) is 5.33. The van der Waals surface area contributed by atoms with Gasteiger partial charge in [0.15, 0.2) is 8.64 Å². The molecule has 0 spiro atoms. The van der Waals surface area contributed by atoms with Crippen LogP contribution in [0.5, 0.6) is 0 Å². The van der Waals surface area contributed by atoms with E-state index in [1.54, 1.807) is 23.2 Å². The van der Waals surface area contributed by atoms with Crippen LogP contribution in [0.15, 0.2) is 23.2 Å². The zero-order chi connectivity index (χ0) is 27.0. The molecule has 0 unspecified atom stereocenters. The molecule has 2 rings (SSSR count). The molecule has 0 atom stereocenters. The van der Waals surface area contributed by atoms with E-state index in [1.807, 2.05) is 0 Å². The Kier molecular flexibility index (Phi) is 20.0. The predicted octanol–water partition coefficient (Wildman–Crippen LogP) is 1.84. The van der Waals surface area contributed by atoms with Crippen LogP contribution in [-0.4, -0.2) is 48.0 Å². The van der Waals surface area contributed by atoms with Crippen molar-refractivity contribution in [1.82, 2.24) is 31.6 Å². The van der Waals surface area contributed by atoms with Crippen LogP contribution in [0.3, 0.4) is 0 Å². The Bertz CT molecular complexity index is 908. The molecule has 0 saturated heterocycles. The van der Waals surface area contributed by atoms with E-state index in [4.69, 9.17) is 91.3 Å². The van der Waals surface area contributed by atoms with E-state index in [1.165, 1.54) is 44.0 Å². The SMILES string of the molecule is ONON(C(=S)S)N(C(=S)[S-])c1nccs1.ONON(C(=S)S)N(C(=S)[S-])c1nccs1.[O]=[Mo+2]=[O]. The van der Waals surface area contributed by atoms with Crippen LogP contribution >= 0.6 is 96.8 Å². The van der Waals surface area contributed by atoms with Gasteiger partial charge in [0.25, 0.3) is 0 Å². The van der Waals surface area contributed by atoms with Gasteiger partial charge in [0, 0.05) is 23.2 Å². The van der Waals surface area contributed by atoms with E-state index in [2.05, 4.69) is 45.1 Å². The number of hydrogen-bond donors (Lipinski definition) is 6. The Balaban J connectivity index is 0.000000594. The van der Waals surface area contributed by atoms with E-state index in [9.17, 15) is 0 Å². The van der Waals surface area contributed by atoms with Crippen LogP contribution in [0.2, 0.25) is 0 Å². The van der Waals surface area contributed by atoms with Crippen LogP contribution in [0, 0.1) is 0 Å². The van der Waals surface area contributed by atoms with Crippen LogP contribution < -0.4 is 21.3 Å². The zero-order valence-electron chi connectivity index (χ0n) is 16.1. The fraction of sp³-hybridized carbons (Fsp3) is 0. The molecule has 0 amide bonds. The normalized spacial score (nSPS) is 9.26. The van der Waals surface area contributed by atoms with Gasteiger partial charge < -0.3 is 49.7 Å². The first-order valence-corrected chi connectivity index (χ1v) is 14.2. The summed E-state index contributed by atoms with van der Waals surface area (Å²) in [5.41, 5.74) is 2.93. The van der Waals surface area contributed by atoms with E-state index >= 15 is 0 Å². The number of hydrazine groups is 2. The van der Waals surface area contributed by atoms with Gasteiger partial charge in [-0.15, -0.1) is 68.2 Å². The Morgan fingerprint density at radius 2 is 1.20 bits per heavy atom. The Labute approximate surface area is 257 Å². The molecule has 0 aliphatic heterocycles. The molecule has 2 aromatic rings. The third kappa shape index (κ3) is 12.9. The van der Waals surface area contributed by atoms with Crippen LogP contribution in [0.1, 0.15) is 0 Å². The summed E-state index contributed by atoms with van der Waals surface area (Å²) in [6.45, 7) is 0. The molecule has 0 fully saturated rings. The van der Waals surface area contributed by atoms with Crippen LogP contribution in [0.4, 0.5) is 10.3 Å². The van der Waals surface area contributed by atoms with E-state index < -0.39 is 18.5 Å². The number of hydroxylamine groups is 2. The average molecular weight is 755 g/mol. The van der Waals surface area contributed by atoms with Crippen molar-refractivity contribution in [2.75, 3.05) is 10.0 Å². The fourth-order valence-electron chi connectivity index (χ4n) is 1.51. The molecule has 2 aromatic heterocycles. The van der Waals surface area contributed by atoms with Gasteiger partial charge >= 0.3 is 25.3 Å². The minimum atomic E-state index is -2.03. The molecule has 0 aromatic carbocycles. The van der Waals surface area contributed by atoms with Gasteiger partial charge in [0.1, 0.15) is 0 Å². The van der Waals surface area contributed by atoms with E-state index in [0.717, 1.165) is 10.3 Å². The number of thiol groups is 2. The second-order valence-corrected chi connectivity index (χ2v) is 10.7. The molecule has 0 bridgehead atoms. The molecule has 0 aliphatic rings. The molecule has 0 saturated carbocycles. The van der Waals surface area contributed by atoms with Crippen molar-refractivity contribution in [2.24, 2.45) is 0 Å². The van der Waals surface area contributed by atoms with E-state index in [-0.39, 0.29) is 17.3 Å². The van der Waals surface area contributed by atoms with Gasteiger partial charge in [-0.05, 0) is 33.1 Å². The van der Waals surface area contributed by atoms with Crippen molar-refractivity contribution in [2.45, 2.75) is 0 Å². The van der Waals surface area contributed by atoms with Crippen LogP contribution in [0.25, 0.3) is 0 Å². The van der Waals surface area contributed by atoms with Gasteiger partial charge in [0.05, 0.1) is 0 Å². The molecule has 25 heteroatoms. The molecule has 2 heterocycles. The van der Waals surface area contributed by atoms with Crippen molar-refractivity contribution >= 4 is 150 Å². The quantitative estimate of drug-likeness (QED) is 0.0835. The number of anilines is 2.